The van der Waals surface area contributed by atoms with Gasteiger partial charge in [-0.2, -0.15) is 8.42 Å². The Balaban J connectivity index is 2.18. The van der Waals surface area contributed by atoms with E-state index < -0.39 is 15.8 Å². The summed E-state index contributed by atoms with van der Waals surface area (Å²) in [4.78, 5) is 0.322. The first-order chi connectivity index (χ1) is 11.9. The van der Waals surface area contributed by atoms with E-state index in [4.69, 9.17) is 4.74 Å². The normalized spacial score (nSPS) is 12.8. The van der Waals surface area contributed by atoms with Gasteiger partial charge in [0.15, 0.2) is 0 Å². The average Bonchev–Trinajstić information content (AvgIpc) is 2.88. The van der Waals surface area contributed by atoms with Crippen LogP contribution in [0.3, 0.4) is 0 Å². The number of benzene rings is 2. The Labute approximate surface area is 149 Å². The lowest BCUT2D eigenvalue weighted by atomic mass is 10.2. The molecule has 0 spiro atoms. The molecule has 25 heavy (non-hydrogen) atoms. The van der Waals surface area contributed by atoms with Crippen LogP contribution in [0.25, 0.3) is 10.2 Å². The molecular weight excluding hydrogens is 363 g/mol. The maximum Gasteiger partial charge on any atom is 0.285 e. The van der Waals surface area contributed by atoms with Crippen LogP contribution < -0.4 is 4.80 Å². The summed E-state index contributed by atoms with van der Waals surface area (Å²) in [6, 6.07) is 10.5. The van der Waals surface area contributed by atoms with Crippen LogP contribution in [0.15, 0.2) is 51.8 Å². The van der Waals surface area contributed by atoms with Crippen molar-refractivity contribution in [3.63, 3.8) is 0 Å². The molecule has 0 bridgehead atoms. The number of thiazole rings is 1. The number of methoxy groups -OCH3 is 1. The first-order valence-corrected chi connectivity index (χ1v) is 9.82. The van der Waals surface area contributed by atoms with E-state index in [9.17, 15) is 12.8 Å². The number of nitrogens with zero attached hydrogens (tertiary/aromatic N) is 2. The standard InChI is InChI=1S/C17H17FN2O3S2/c1-12-3-8-15-16(11-12)24-17(20(15)9-10-23-2)19-25(21,22)14-6-4-13(18)5-7-14/h3-8,11H,9-10H2,1-2H3/b19-17-. The van der Waals surface area contributed by atoms with Crippen molar-refractivity contribution in [2.45, 2.75) is 18.4 Å². The summed E-state index contributed by atoms with van der Waals surface area (Å²) in [5.74, 6) is -0.494. The zero-order valence-electron chi connectivity index (χ0n) is 13.8. The van der Waals surface area contributed by atoms with Gasteiger partial charge in [-0.3, -0.25) is 0 Å². The molecule has 1 heterocycles. The number of aryl methyl sites for hydroxylation is 1. The SMILES string of the molecule is COCCn1/c(=N/S(=O)(=O)c2ccc(F)cc2)sc2cc(C)ccc21. The summed E-state index contributed by atoms with van der Waals surface area (Å²) in [5.41, 5.74) is 1.99. The van der Waals surface area contributed by atoms with Gasteiger partial charge in [-0.05, 0) is 48.9 Å². The highest BCUT2D eigenvalue weighted by Gasteiger charge is 2.15. The van der Waals surface area contributed by atoms with Gasteiger partial charge in [0.05, 0.1) is 21.7 Å². The van der Waals surface area contributed by atoms with Crippen LogP contribution >= 0.6 is 11.3 Å². The van der Waals surface area contributed by atoms with Crippen LogP contribution in [0.4, 0.5) is 4.39 Å². The highest BCUT2D eigenvalue weighted by atomic mass is 32.2. The molecule has 0 saturated heterocycles. The molecule has 0 atom stereocenters. The number of sulfonamides is 1. The number of fused-ring (bicyclic) bond motifs is 1. The van der Waals surface area contributed by atoms with Crippen molar-refractivity contribution in [3.8, 4) is 0 Å². The Bertz CT molecular complexity index is 1070. The predicted octanol–water partition coefficient (Wildman–Crippen LogP) is 3.09. The summed E-state index contributed by atoms with van der Waals surface area (Å²) >= 11 is 1.30. The van der Waals surface area contributed by atoms with E-state index in [1.165, 1.54) is 23.5 Å². The van der Waals surface area contributed by atoms with Crippen molar-refractivity contribution < 1.29 is 17.5 Å². The number of halogens is 1. The Morgan fingerprint density at radius 3 is 2.60 bits per heavy atom. The molecule has 0 N–H and O–H groups in total. The third-order valence-electron chi connectivity index (χ3n) is 3.67. The van der Waals surface area contributed by atoms with E-state index in [1.807, 2.05) is 29.7 Å². The van der Waals surface area contributed by atoms with Crippen molar-refractivity contribution in [1.82, 2.24) is 4.57 Å². The number of hydrogen-bond donors (Lipinski definition) is 0. The van der Waals surface area contributed by atoms with Crippen molar-refractivity contribution >= 4 is 31.6 Å². The van der Waals surface area contributed by atoms with Gasteiger partial charge < -0.3 is 9.30 Å². The Hall–Kier alpha value is -2.03. The number of rotatable bonds is 5. The first kappa shape index (κ1) is 17.8. The molecule has 5 nitrogen and oxygen atoms in total. The van der Waals surface area contributed by atoms with Gasteiger partial charge in [-0.25, -0.2) is 4.39 Å². The summed E-state index contributed by atoms with van der Waals surface area (Å²) in [5, 5.41) is 0. The molecule has 132 valence electrons. The molecular formula is C17H17FN2O3S2. The lowest BCUT2D eigenvalue weighted by Gasteiger charge is -2.04. The Morgan fingerprint density at radius 1 is 1.20 bits per heavy atom. The minimum atomic E-state index is -3.93. The van der Waals surface area contributed by atoms with E-state index in [0.717, 1.165) is 27.9 Å². The maximum absolute atomic E-state index is 13.0. The van der Waals surface area contributed by atoms with Gasteiger partial charge in [0.2, 0.25) is 4.80 Å². The Kier molecular flexibility index (Phi) is 5.03. The van der Waals surface area contributed by atoms with Crippen LogP contribution in [-0.2, 0) is 21.3 Å². The van der Waals surface area contributed by atoms with Crippen LogP contribution in [0.1, 0.15) is 5.56 Å². The van der Waals surface area contributed by atoms with Gasteiger partial charge in [-0.1, -0.05) is 17.4 Å². The molecule has 0 radical (unpaired) electrons. The fraction of sp³-hybridized carbons (Fsp3) is 0.235. The van der Waals surface area contributed by atoms with Gasteiger partial charge in [0.1, 0.15) is 5.82 Å². The quantitative estimate of drug-likeness (QED) is 0.683. The van der Waals surface area contributed by atoms with E-state index in [0.29, 0.717) is 18.0 Å². The molecule has 8 heteroatoms. The summed E-state index contributed by atoms with van der Waals surface area (Å²) < 4.78 is 50.0. The average molecular weight is 380 g/mol. The van der Waals surface area contributed by atoms with Gasteiger partial charge in [0.25, 0.3) is 10.0 Å². The highest BCUT2D eigenvalue weighted by molar-refractivity contribution is 7.90. The highest BCUT2D eigenvalue weighted by Crippen LogP contribution is 2.20. The van der Waals surface area contributed by atoms with Crippen molar-refractivity contribution in [2.24, 2.45) is 4.40 Å². The van der Waals surface area contributed by atoms with Crippen molar-refractivity contribution in [3.05, 3.63) is 58.6 Å². The molecule has 0 saturated carbocycles. The van der Waals surface area contributed by atoms with Crippen LogP contribution in [0, 0.1) is 12.7 Å². The smallest absolute Gasteiger partial charge is 0.285 e. The second-order valence-electron chi connectivity index (χ2n) is 5.52. The number of aromatic nitrogens is 1. The van der Waals surface area contributed by atoms with Gasteiger partial charge in [-0.15, -0.1) is 4.40 Å². The summed E-state index contributed by atoms with van der Waals surface area (Å²) in [7, 11) is -2.34. The molecule has 0 fully saturated rings. The number of hydrogen-bond acceptors (Lipinski definition) is 4. The van der Waals surface area contributed by atoms with Crippen LogP contribution in [0.5, 0.6) is 0 Å². The lowest BCUT2D eigenvalue weighted by Crippen LogP contribution is -2.19. The van der Waals surface area contributed by atoms with Crippen LogP contribution in [-0.4, -0.2) is 26.7 Å². The molecule has 2 aromatic carbocycles. The molecule has 3 rings (SSSR count). The monoisotopic (exact) mass is 380 g/mol. The summed E-state index contributed by atoms with van der Waals surface area (Å²) in [6.07, 6.45) is 0. The molecule has 0 amide bonds. The zero-order valence-corrected chi connectivity index (χ0v) is 15.4. The molecule has 1 aromatic heterocycles. The third-order valence-corrected chi connectivity index (χ3v) is 6.10. The predicted molar refractivity (Wildman–Crippen MR) is 95.6 cm³/mol. The van der Waals surface area contributed by atoms with Gasteiger partial charge in [0, 0.05) is 13.7 Å². The second kappa shape index (κ2) is 7.07. The molecule has 0 aliphatic carbocycles. The molecule has 0 aliphatic rings. The zero-order chi connectivity index (χ0) is 18.0. The molecule has 0 unspecified atom stereocenters. The maximum atomic E-state index is 13.0. The largest absolute Gasteiger partial charge is 0.383 e. The van der Waals surface area contributed by atoms with Crippen LogP contribution in [0.2, 0.25) is 0 Å². The Morgan fingerprint density at radius 2 is 1.92 bits per heavy atom. The number of ether oxygens (including phenoxy) is 1. The fourth-order valence-corrected chi connectivity index (χ4v) is 4.77. The second-order valence-corrected chi connectivity index (χ2v) is 8.13. The van der Waals surface area contributed by atoms with E-state index >= 15 is 0 Å². The third kappa shape index (κ3) is 3.81. The van der Waals surface area contributed by atoms with E-state index in [1.54, 1.807) is 7.11 Å². The first-order valence-electron chi connectivity index (χ1n) is 7.56. The lowest BCUT2D eigenvalue weighted by molar-refractivity contribution is 0.187. The van der Waals surface area contributed by atoms with E-state index in [2.05, 4.69) is 4.40 Å². The fourth-order valence-electron chi connectivity index (χ4n) is 2.41. The van der Waals surface area contributed by atoms with Crippen molar-refractivity contribution in [1.29, 1.82) is 0 Å². The van der Waals surface area contributed by atoms with Crippen molar-refractivity contribution in [2.75, 3.05) is 13.7 Å². The molecule has 0 aliphatic heterocycles. The van der Waals surface area contributed by atoms with E-state index in [-0.39, 0.29) is 4.90 Å². The van der Waals surface area contributed by atoms with Gasteiger partial charge >= 0.3 is 0 Å². The summed E-state index contributed by atoms with van der Waals surface area (Å²) in [6.45, 7) is 2.89. The topological polar surface area (TPSA) is 60.7 Å². The minimum Gasteiger partial charge on any atom is -0.383 e. The minimum absolute atomic E-state index is 0.0409. The molecule has 3 aromatic rings.